The highest BCUT2D eigenvalue weighted by Gasteiger charge is 2.26. The fraction of sp³-hybridized carbons (Fsp3) is 0.316. The lowest BCUT2D eigenvalue weighted by Gasteiger charge is -2.23. The zero-order chi connectivity index (χ0) is 19.9. The molecule has 0 saturated heterocycles. The first-order chi connectivity index (χ1) is 12.7. The number of amides is 1. The minimum atomic E-state index is -0.987. The third-order valence-electron chi connectivity index (χ3n) is 3.30. The standard InChI is InChI=1S/C19H23N3O5/c1-19(2,3)26-18(25)21-16(12-13-4-6-15(23)7-5-13)17(24)27-22-14-8-10-20-11-9-14/h4-11,16,23H,12H2,1-3H3,(H,20,22)(H,21,25)/t16-/m0/s1. The van der Waals surface area contributed by atoms with Crippen LogP contribution < -0.4 is 10.8 Å². The van der Waals surface area contributed by atoms with Gasteiger partial charge in [-0.05, 0) is 50.6 Å². The number of nitrogens with zero attached hydrogens (tertiary/aromatic N) is 1. The van der Waals surface area contributed by atoms with Crippen LogP contribution >= 0.6 is 0 Å². The molecule has 0 aliphatic carbocycles. The number of hydrogen-bond acceptors (Lipinski definition) is 7. The number of ether oxygens (including phenoxy) is 1. The third-order valence-corrected chi connectivity index (χ3v) is 3.30. The highest BCUT2D eigenvalue weighted by Crippen LogP contribution is 2.13. The van der Waals surface area contributed by atoms with Crippen LogP contribution in [-0.2, 0) is 20.8 Å². The van der Waals surface area contributed by atoms with Crippen molar-refractivity contribution in [3.05, 3.63) is 54.4 Å². The van der Waals surface area contributed by atoms with Crippen molar-refractivity contribution >= 4 is 17.7 Å². The van der Waals surface area contributed by atoms with E-state index in [1.807, 2.05) is 0 Å². The fourth-order valence-electron chi connectivity index (χ4n) is 2.11. The molecule has 144 valence electrons. The summed E-state index contributed by atoms with van der Waals surface area (Å²) in [5, 5.41) is 11.9. The van der Waals surface area contributed by atoms with Crippen LogP contribution in [0.5, 0.6) is 5.75 Å². The largest absolute Gasteiger partial charge is 0.508 e. The predicted molar refractivity (Wildman–Crippen MR) is 98.9 cm³/mol. The van der Waals surface area contributed by atoms with Gasteiger partial charge in [0.1, 0.15) is 17.4 Å². The monoisotopic (exact) mass is 373 g/mol. The van der Waals surface area contributed by atoms with Gasteiger partial charge in [0, 0.05) is 18.8 Å². The van der Waals surface area contributed by atoms with Gasteiger partial charge in [-0.15, -0.1) is 0 Å². The molecule has 1 aromatic carbocycles. The normalized spacial score (nSPS) is 12.0. The molecular weight excluding hydrogens is 350 g/mol. The molecule has 0 saturated carbocycles. The number of carbonyl (C=O) groups excluding carboxylic acids is 2. The average molecular weight is 373 g/mol. The van der Waals surface area contributed by atoms with Crippen LogP contribution in [0.1, 0.15) is 26.3 Å². The van der Waals surface area contributed by atoms with E-state index in [-0.39, 0.29) is 12.2 Å². The van der Waals surface area contributed by atoms with Crippen LogP contribution in [0.25, 0.3) is 0 Å². The van der Waals surface area contributed by atoms with Crippen molar-refractivity contribution in [2.75, 3.05) is 5.48 Å². The first-order valence-electron chi connectivity index (χ1n) is 8.37. The Labute approximate surface area is 157 Å². The molecule has 1 atom stereocenters. The summed E-state index contributed by atoms with van der Waals surface area (Å²) in [6, 6.07) is 8.58. The Bertz CT molecular complexity index is 757. The van der Waals surface area contributed by atoms with Gasteiger partial charge < -0.3 is 20.0 Å². The van der Waals surface area contributed by atoms with E-state index >= 15 is 0 Å². The molecule has 3 N–H and O–H groups in total. The van der Waals surface area contributed by atoms with Crippen LogP contribution in [0.3, 0.4) is 0 Å². The molecule has 0 aliphatic rings. The van der Waals surface area contributed by atoms with E-state index in [0.717, 1.165) is 5.56 Å². The highest BCUT2D eigenvalue weighted by atomic mass is 16.7. The van der Waals surface area contributed by atoms with Crippen molar-refractivity contribution < 1.29 is 24.3 Å². The lowest BCUT2D eigenvalue weighted by atomic mass is 10.1. The van der Waals surface area contributed by atoms with E-state index in [2.05, 4.69) is 15.8 Å². The fourth-order valence-corrected chi connectivity index (χ4v) is 2.11. The van der Waals surface area contributed by atoms with Crippen molar-refractivity contribution in [2.45, 2.75) is 38.8 Å². The molecule has 0 radical (unpaired) electrons. The highest BCUT2D eigenvalue weighted by molar-refractivity contribution is 5.82. The van der Waals surface area contributed by atoms with E-state index in [0.29, 0.717) is 5.69 Å². The van der Waals surface area contributed by atoms with Crippen LogP contribution in [0.2, 0.25) is 0 Å². The number of benzene rings is 1. The number of hydrogen-bond donors (Lipinski definition) is 3. The maximum absolute atomic E-state index is 12.5. The number of aromatic hydroxyl groups is 1. The Hall–Kier alpha value is -3.29. The smallest absolute Gasteiger partial charge is 0.408 e. The zero-order valence-electron chi connectivity index (χ0n) is 15.4. The summed E-state index contributed by atoms with van der Waals surface area (Å²) in [6.07, 6.45) is 2.52. The number of rotatable bonds is 6. The Morgan fingerprint density at radius 2 is 1.74 bits per heavy atom. The summed E-state index contributed by atoms with van der Waals surface area (Å²) < 4.78 is 5.21. The van der Waals surface area contributed by atoms with Gasteiger partial charge in [0.15, 0.2) is 0 Å². The second-order valence-corrected chi connectivity index (χ2v) is 6.83. The van der Waals surface area contributed by atoms with Crippen LogP contribution in [0.15, 0.2) is 48.8 Å². The SMILES string of the molecule is CC(C)(C)OC(=O)N[C@@H](Cc1ccc(O)cc1)C(=O)ONc1ccncc1. The third kappa shape index (κ3) is 7.23. The Kier molecular flexibility index (Phi) is 6.59. The van der Waals surface area contributed by atoms with Crippen molar-refractivity contribution in [1.29, 1.82) is 0 Å². The minimum absolute atomic E-state index is 0.109. The minimum Gasteiger partial charge on any atom is -0.508 e. The molecule has 1 aromatic heterocycles. The molecule has 8 heteroatoms. The van der Waals surface area contributed by atoms with E-state index in [4.69, 9.17) is 9.57 Å². The molecular formula is C19H23N3O5. The van der Waals surface area contributed by atoms with Crippen LogP contribution in [0.4, 0.5) is 10.5 Å². The van der Waals surface area contributed by atoms with Crippen molar-refractivity contribution in [1.82, 2.24) is 10.3 Å². The van der Waals surface area contributed by atoms with Gasteiger partial charge in [0.2, 0.25) is 0 Å². The maximum atomic E-state index is 12.5. The molecule has 27 heavy (non-hydrogen) atoms. The summed E-state index contributed by atoms with van der Waals surface area (Å²) in [4.78, 5) is 33.5. The molecule has 0 fully saturated rings. The second kappa shape index (κ2) is 8.88. The number of nitrogens with one attached hydrogen (secondary N) is 2. The molecule has 0 aliphatic heterocycles. The van der Waals surface area contributed by atoms with Crippen LogP contribution in [0, 0.1) is 0 Å². The quantitative estimate of drug-likeness (QED) is 0.668. The maximum Gasteiger partial charge on any atom is 0.408 e. The summed E-state index contributed by atoms with van der Waals surface area (Å²) in [5.41, 5.74) is 3.09. The number of anilines is 1. The number of carbonyl (C=O) groups is 2. The average Bonchev–Trinajstić information content (AvgIpc) is 2.60. The molecule has 8 nitrogen and oxygen atoms in total. The van der Waals surface area contributed by atoms with Gasteiger partial charge in [-0.25, -0.2) is 15.1 Å². The molecule has 2 rings (SSSR count). The van der Waals surface area contributed by atoms with Gasteiger partial charge in [-0.2, -0.15) is 0 Å². The lowest BCUT2D eigenvalue weighted by Crippen LogP contribution is -2.46. The van der Waals surface area contributed by atoms with Gasteiger partial charge in [-0.1, -0.05) is 12.1 Å². The van der Waals surface area contributed by atoms with Gasteiger partial charge in [-0.3, -0.25) is 4.98 Å². The molecule has 1 amide bonds. The van der Waals surface area contributed by atoms with Crippen molar-refractivity contribution in [3.63, 3.8) is 0 Å². The Morgan fingerprint density at radius 3 is 2.33 bits per heavy atom. The summed E-state index contributed by atoms with van der Waals surface area (Å²) in [6.45, 7) is 5.18. The molecule has 0 spiro atoms. The van der Waals surface area contributed by atoms with Crippen LogP contribution in [-0.4, -0.2) is 33.8 Å². The topological polar surface area (TPSA) is 110 Å². The summed E-state index contributed by atoms with van der Waals surface area (Å²) in [7, 11) is 0. The van der Waals surface area contributed by atoms with E-state index in [1.54, 1.807) is 57.4 Å². The van der Waals surface area contributed by atoms with E-state index in [9.17, 15) is 14.7 Å². The van der Waals surface area contributed by atoms with Gasteiger partial charge >= 0.3 is 12.1 Å². The first kappa shape index (κ1) is 20.0. The molecule has 0 bridgehead atoms. The molecule has 1 heterocycles. The summed E-state index contributed by atoms with van der Waals surface area (Å²) >= 11 is 0. The van der Waals surface area contributed by atoms with E-state index in [1.165, 1.54) is 12.1 Å². The number of aromatic nitrogens is 1. The Morgan fingerprint density at radius 1 is 1.11 bits per heavy atom. The first-order valence-corrected chi connectivity index (χ1v) is 8.37. The molecule has 0 unspecified atom stereocenters. The Balaban J connectivity index is 2.06. The number of phenols is 1. The van der Waals surface area contributed by atoms with Crippen molar-refractivity contribution in [2.24, 2.45) is 0 Å². The van der Waals surface area contributed by atoms with Gasteiger partial charge in [0.25, 0.3) is 0 Å². The van der Waals surface area contributed by atoms with E-state index < -0.39 is 23.7 Å². The summed E-state index contributed by atoms with van der Waals surface area (Å²) in [5.74, 6) is -0.580. The number of phenolic OH excluding ortho intramolecular Hbond substituents is 1. The number of pyridine rings is 1. The zero-order valence-corrected chi connectivity index (χ0v) is 15.4. The number of alkyl carbamates (subject to hydrolysis) is 1. The molecule has 2 aromatic rings. The second-order valence-electron chi connectivity index (χ2n) is 6.83. The predicted octanol–water partition coefficient (Wildman–Crippen LogP) is 2.79. The van der Waals surface area contributed by atoms with Gasteiger partial charge in [0.05, 0.1) is 5.69 Å². The lowest BCUT2D eigenvalue weighted by molar-refractivity contribution is -0.143. The van der Waals surface area contributed by atoms with Crippen molar-refractivity contribution in [3.8, 4) is 5.75 Å².